The van der Waals surface area contributed by atoms with E-state index in [1.54, 1.807) is 37.3 Å². The highest BCUT2D eigenvalue weighted by Crippen LogP contribution is 2.31. The Balaban J connectivity index is 1.30. The van der Waals surface area contributed by atoms with Crippen LogP contribution in [0.4, 0.5) is 5.69 Å². The molecule has 214 valence electrons. The lowest BCUT2D eigenvalue weighted by Gasteiger charge is -2.34. The molecule has 1 aliphatic heterocycles. The number of oxazole rings is 1. The number of carbonyl (C=O) groups excluding carboxylic acids is 1. The van der Waals surface area contributed by atoms with E-state index in [0.717, 1.165) is 17.5 Å². The van der Waals surface area contributed by atoms with Crippen LogP contribution in [0.15, 0.2) is 83.3 Å². The third kappa shape index (κ3) is 6.61. The van der Waals surface area contributed by atoms with E-state index < -0.39 is 16.2 Å². The minimum absolute atomic E-state index is 0.00290. The van der Waals surface area contributed by atoms with E-state index in [1.165, 1.54) is 8.61 Å². The van der Waals surface area contributed by atoms with Crippen molar-refractivity contribution in [2.45, 2.75) is 39.8 Å². The summed E-state index contributed by atoms with van der Waals surface area (Å²) in [5.74, 6) is 1.22. The number of esters is 1. The molecule has 0 fully saturated rings. The molecule has 2 heterocycles. The van der Waals surface area contributed by atoms with E-state index in [-0.39, 0.29) is 26.3 Å². The van der Waals surface area contributed by atoms with Crippen LogP contribution in [0.25, 0.3) is 11.5 Å². The van der Waals surface area contributed by atoms with Crippen LogP contribution < -0.4 is 9.04 Å². The average molecular weight is 576 g/mol. The average Bonchev–Trinajstić information content (AvgIpc) is 3.37. The van der Waals surface area contributed by atoms with Gasteiger partial charge in [-0.05, 0) is 68.1 Å². The second kappa shape index (κ2) is 12.6. The number of para-hydroxylation sites is 1. The van der Waals surface area contributed by atoms with Gasteiger partial charge in [0.05, 0.1) is 12.3 Å². The van der Waals surface area contributed by atoms with Crippen molar-refractivity contribution < 1.29 is 27.1 Å². The molecule has 3 aromatic carbocycles. The molecular weight excluding hydrogens is 542 g/mol. The van der Waals surface area contributed by atoms with Crippen LogP contribution in [0.3, 0.4) is 0 Å². The van der Waals surface area contributed by atoms with E-state index in [0.29, 0.717) is 47.3 Å². The summed E-state index contributed by atoms with van der Waals surface area (Å²) in [6, 6.07) is 24.3. The summed E-state index contributed by atoms with van der Waals surface area (Å²) in [4.78, 5) is 17.0. The van der Waals surface area contributed by atoms with Crippen LogP contribution in [0.1, 0.15) is 35.9 Å². The van der Waals surface area contributed by atoms with Gasteiger partial charge in [0.2, 0.25) is 5.89 Å². The van der Waals surface area contributed by atoms with Gasteiger partial charge < -0.3 is 13.9 Å². The molecular formula is C31H33N3O6S. The molecule has 0 aliphatic carbocycles. The second-order valence-corrected chi connectivity index (χ2v) is 11.6. The Morgan fingerprint density at radius 1 is 1.02 bits per heavy atom. The molecule has 5 rings (SSSR count). The molecule has 10 heteroatoms. The number of aromatic nitrogens is 1. The van der Waals surface area contributed by atoms with Gasteiger partial charge in [0.25, 0.3) is 0 Å². The van der Waals surface area contributed by atoms with Crippen molar-refractivity contribution in [3.05, 3.63) is 101 Å². The number of rotatable bonds is 11. The van der Waals surface area contributed by atoms with Crippen molar-refractivity contribution in [2.24, 2.45) is 0 Å². The summed E-state index contributed by atoms with van der Waals surface area (Å²) in [5.41, 5.74) is 3.91. The van der Waals surface area contributed by atoms with Gasteiger partial charge in [-0.15, -0.1) is 0 Å². The van der Waals surface area contributed by atoms with Crippen molar-refractivity contribution in [3.8, 4) is 17.2 Å². The molecule has 4 aromatic rings. The summed E-state index contributed by atoms with van der Waals surface area (Å²) >= 11 is 0. The first kappa shape index (κ1) is 28.4. The monoisotopic (exact) mass is 575 g/mol. The summed E-state index contributed by atoms with van der Waals surface area (Å²) in [7, 11) is -4.01. The van der Waals surface area contributed by atoms with Crippen molar-refractivity contribution in [2.75, 3.05) is 24.0 Å². The first-order valence-corrected chi connectivity index (χ1v) is 15.0. The Kier molecular flexibility index (Phi) is 8.70. The van der Waals surface area contributed by atoms with Crippen molar-refractivity contribution in [1.29, 1.82) is 0 Å². The van der Waals surface area contributed by atoms with Gasteiger partial charge in [-0.2, -0.15) is 12.7 Å². The van der Waals surface area contributed by atoms with E-state index in [9.17, 15) is 13.2 Å². The Labute approximate surface area is 240 Å². The van der Waals surface area contributed by atoms with Gasteiger partial charge in [0, 0.05) is 18.7 Å². The van der Waals surface area contributed by atoms with Crippen LogP contribution in [0.5, 0.6) is 5.75 Å². The van der Waals surface area contributed by atoms with Gasteiger partial charge in [-0.1, -0.05) is 48.5 Å². The smallest absolute Gasteiger partial charge is 0.321 e. The van der Waals surface area contributed by atoms with E-state index >= 15 is 0 Å². The zero-order valence-corrected chi connectivity index (χ0v) is 24.0. The molecule has 41 heavy (non-hydrogen) atoms. The number of aryl methyl sites for hydroxylation is 2. The molecule has 1 aromatic heterocycles. The van der Waals surface area contributed by atoms with Gasteiger partial charge in [-0.3, -0.25) is 9.10 Å². The van der Waals surface area contributed by atoms with Crippen molar-refractivity contribution in [1.82, 2.24) is 9.29 Å². The molecule has 0 spiro atoms. The number of anilines is 1. The topological polar surface area (TPSA) is 102 Å². The molecule has 0 saturated heterocycles. The fourth-order valence-electron chi connectivity index (χ4n) is 4.76. The number of hydrogen-bond acceptors (Lipinski definition) is 7. The second-order valence-electron chi connectivity index (χ2n) is 9.71. The molecule has 0 N–H and O–H groups in total. The Morgan fingerprint density at radius 2 is 1.76 bits per heavy atom. The number of hydrogen-bond donors (Lipinski definition) is 0. The molecule has 0 amide bonds. The highest BCUT2D eigenvalue weighted by molar-refractivity contribution is 7.90. The first-order chi connectivity index (χ1) is 19.8. The first-order valence-electron chi connectivity index (χ1n) is 13.6. The Bertz CT molecular complexity index is 1590. The number of fused-ring (bicyclic) bond motifs is 1. The highest BCUT2D eigenvalue weighted by Gasteiger charge is 2.34. The number of carbonyl (C=O) groups is 1. The quantitative estimate of drug-likeness (QED) is 0.224. The zero-order chi connectivity index (χ0) is 28.8. The molecule has 9 nitrogen and oxygen atoms in total. The normalized spacial score (nSPS) is 13.2. The number of nitrogens with zero attached hydrogens (tertiary/aromatic N) is 3. The largest absolute Gasteiger partial charge is 0.487 e. The van der Waals surface area contributed by atoms with Crippen LogP contribution in [0.2, 0.25) is 0 Å². The molecule has 1 aliphatic rings. The third-order valence-electron chi connectivity index (χ3n) is 6.85. The third-order valence-corrected chi connectivity index (χ3v) is 8.70. The Hall–Kier alpha value is -4.15. The number of ether oxygens (including phenoxy) is 2. The van der Waals surface area contributed by atoms with Gasteiger partial charge in [0.15, 0.2) is 0 Å². The fourth-order valence-corrected chi connectivity index (χ4v) is 6.41. The summed E-state index contributed by atoms with van der Waals surface area (Å²) in [5, 5.41) is 0. The SMILES string of the molecule is CCOC(=O)CN(Cc1ccc(OCc2nc(-c3ccccc3)oc2C)cc1)S(=O)(=O)N1CCCc2ccccc21. The van der Waals surface area contributed by atoms with Gasteiger partial charge in [0.1, 0.15) is 30.4 Å². The van der Waals surface area contributed by atoms with Gasteiger partial charge in [-0.25, -0.2) is 4.98 Å². The molecule has 0 unspecified atom stereocenters. The van der Waals surface area contributed by atoms with Crippen LogP contribution >= 0.6 is 0 Å². The maximum absolute atomic E-state index is 13.9. The Morgan fingerprint density at radius 3 is 2.51 bits per heavy atom. The zero-order valence-electron chi connectivity index (χ0n) is 23.2. The van der Waals surface area contributed by atoms with E-state index in [1.807, 2.05) is 55.5 Å². The lowest BCUT2D eigenvalue weighted by Crippen LogP contribution is -2.47. The van der Waals surface area contributed by atoms with Crippen LogP contribution in [-0.4, -0.2) is 43.4 Å². The molecule has 0 atom stereocenters. The lowest BCUT2D eigenvalue weighted by molar-refractivity contribution is -0.143. The molecule has 0 radical (unpaired) electrons. The summed E-state index contributed by atoms with van der Waals surface area (Å²) in [6.07, 6.45) is 1.51. The summed E-state index contributed by atoms with van der Waals surface area (Å²) < 4.78 is 47.1. The standard InChI is InChI=1S/C31H33N3O6S/c1-3-38-30(35)21-33(41(36,37)34-19-9-13-25-10-7-8-14-29(25)34)20-24-15-17-27(18-16-24)39-22-28-23(2)40-31(32-28)26-11-5-4-6-12-26/h4-8,10-12,14-18H,3,9,13,19-22H2,1-2H3. The van der Waals surface area contributed by atoms with Crippen LogP contribution in [0, 0.1) is 6.92 Å². The minimum atomic E-state index is -4.01. The molecule has 0 bridgehead atoms. The van der Waals surface area contributed by atoms with Crippen molar-refractivity contribution >= 4 is 21.9 Å². The summed E-state index contributed by atoms with van der Waals surface area (Å²) in [6.45, 7) is 3.90. The van der Waals surface area contributed by atoms with Crippen molar-refractivity contribution in [3.63, 3.8) is 0 Å². The maximum atomic E-state index is 13.9. The number of benzene rings is 3. The lowest BCUT2D eigenvalue weighted by atomic mass is 10.0. The fraction of sp³-hybridized carbons (Fsp3) is 0.290. The predicted octanol–water partition coefficient (Wildman–Crippen LogP) is 5.29. The maximum Gasteiger partial charge on any atom is 0.321 e. The molecule has 0 saturated carbocycles. The predicted molar refractivity (Wildman–Crippen MR) is 156 cm³/mol. The van der Waals surface area contributed by atoms with Gasteiger partial charge >= 0.3 is 16.2 Å². The highest BCUT2D eigenvalue weighted by atomic mass is 32.2. The van der Waals surface area contributed by atoms with Crippen LogP contribution in [-0.2, 0) is 39.3 Å². The minimum Gasteiger partial charge on any atom is -0.487 e. The van der Waals surface area contributed by atoms with E-state index in [4.69, 9.17) is 13.9 Å². The van der Waals surface area contributed by atoms with E-state index in [2.05, 4.69) is 4.98 Å².